The van der Waals surface area contributed by atoms with Gasteiger partial charge in [0.15, 0.2) is 6.29 Å². The molecule has 0 N–H and O–H groups in total. The fourth-order valence-corrected chi connectivity index (χ4v) is 1.49. The van der Waals surface area contributed by atoms with Crippen LogP contribution in [0.15, 0.2) is 0 Å². The van der Waals surface area contributed by atoms with Crippen LogP contribution in [-0.2, 0) is 9.47 Å². The molecule has 3 atom stereocenters. The average Bonchev–Trinajstić information content (AvgIpc) is 2.30. The predicted molar refractivity (Wildman–Crippen MR) is 39.7 cm³/mol. The Kier molecular flexibility index (Phi) is 2.69. The predicted octanol–water partition coefficient (Wildman–Crippen LogP) is 1.79. The highest BCUT2D eigenvalue weighted by atomic mass is 16.7. The number of ether oxygens (including phenoxy) is 2. The number of hydrogen-bond acceptors (Lipinski definition) is 2. The van der Waals surface area contributed by atoms with Crippen LogP contribution in [0.3, 0.4) is 0 Å². The third kappa shape index (κ3) is 1.50. The van der Waals surface area contributed by atoms with Crippen molar-refractivity contribution in [1.82, 2.24) is 0 Å². The lowest BCUT2D eigenvalue weighted by molar-refractivity contribution is -0.115. The van der Waals surface area contributed by atoms with Gasteiger partial charge in [-0.05, 0) is 12.3 Å². The van der Waals surface area contributed by atoms with Crippen molar-refractivity contribution in [1.29, 1.82) is 0 Å². The number of hydrogen-bond donors (Lipinski definition) is 0. The largest absolute Gasteiger partial charge is 0.356 e. The van der Waals surface area contributed by atoms with Gasteiger partial charge in [-0.15, -0.1) is 0 Å². The molecule has 60 valence electrons. The molecule has 1 unspecified atom stereocenters. The van der Waals surface area contributed by atoms with E-state index >= 15 is 0 Å². The summed E-state index contributed by atoms with van der Waals surface area (Å²) < 4.78 is 10.6. The summed E-state index contributed by atoms with van der Waals surface area (Å²) in [6.45, 7) is 4.37. The van der Waals surface area contributed by atoms with Crippen LogP contribution in [0.5, 0.6) is 0 Å². The van der Waals surface area contributed by atoms with Gasteiger partial charge in [-0.2, -0.15) is 0 Å². The van der Waals surface area contributed by atoms with Crippen molar-refractivity contribution in [2.75, 3.05) is 7.11 Å². The van der Waals surface area contributed by atoms with E-state index < -0.39 is 0 Å². The van der Waals surface area contributed by atoms with Gasteiger partial charge < -0.3 is 9.47 Å². The molecule has 1 aliphatic rings. The molecule has 0 aliphatic carbocycles. The Morgan fingerprint density at radius 1 is 1.60 bits per heavy atom. The Bertz CT molecular complexity index is 103. The Balaban J connectivity index is 2.36. The van der Waals surface area contributed by atoms with Gasteiger partial charge in [0, 0.05) is 13.5 Å². The van der Waals surface area contributed by atoms with E-state index in [1.165, 1.54) is 0 Å². The second-order valence-electron chi connectivity index (χ2n) is 2.96. The zero-order chi connectivity index (χ0) is 7.56. The normalized spacial score (nSPS) is 40.5. The summed E-state index contributed by atoms with van der Waals surface area (Å²) in [5.74, 6) is 0.662. The molecule has 0 aromatic rings. The second-order valence-corrected chi connectivity index (χ2v) is 2.96. The van der Waals surface area contributed by atoms with Gasteiger partial charge in [0.25, 0.3) is 0 Å². The lowest BCUT2D eigenvalue weighted by atomic mass is 10.0. The molecule has 0 amide bonds. The third-order valence-electron chi connectivity index (χ3n) is 2.19. The summed E-state index contributed by atoms with van der Waals surface area (Å²) >= 11 is 0. The van der Waals surface area contributed by atoms with Crippen LogP contribution < -0.4 is 0 Å². The van der Waals surface area contributed by atoms with Gasteiger partial charge in [-0.3, -0.25) is 0 Å². The van der Waals surface area contributed by atoms with E-state index in [-0.39, 0.29) is 6.29 Å². The summed E-state index contributed by atoms with van der Waals surface area (Å²) in [7, 11) is 1.70. The molecule has 2 nitrogen and oxygen atoms in total. The van der Waals surface area contributed by atoms with Crippen molar-refractivity contribution in [3.63, 3.8) is 0 Å². The van der Waals surface area contributed by atoms with Crippen LogP contribution in [0.2, 0.25) is 0 Å². The quantitative estimate of drug-likeness (QED) is 0.588. The summed E-state index contributed by atoms with van der Waals surface area (Å²) in [5.41, 5.74) is 0. The van der Waals surface area contributed by atoms with Gasteiger partial charge >= 0.3 is 0 Å². The fourth-order valence-electron chi connectivity index (χ4n) is 1.49. The smallest absolute Gasteiger partial charge is 0.157 e. The van der Waals surface area contributed by atoms with Crippen molar-refractivity contribution < 1.29 is 9.47 Å². The van der Waals surface area contributed by atoms with Gasteiger partial charge in [-0.1, -0.05) is 13.8 Å². The molecule has 1 aliphatic heterocycles. The molecule has 1 heterocycles. The van der Waals surface area contributed by atoms with Crippen molar-refractivity contribution in [3.8, 4) is 0 Å². The van der Waals surface area contributed by atoms with Crippen molar-refractivity contribution in [3.05, 3.63) is 0 Å². The first kappa shape index (κ1) is 8.02. The van der Waals surface area contributed by atoms with Crippen LogP contribution in [0.25, 0.3) is 0 Å². The first-order valence-corrected chi connectivity index (χ1v) is 3.96. The monoisotopic (exact) mass is 144 g/mol. The van der Waals surface area contributed by atoms with E-state index in [2.05, 4.69) is 13.8 Å². The highest BCUT2D eigenvalue weighted by molar-refractivity contribution is 4.73. The Hall–Kier alpha value is -0.0800. The SMILES string of the molecule is CC[C@H]1OC(OC)C[C@@H]1C. The number of rotatable bonds is 2. The minimum absolute atomic E-state index is 0.0555. The molecule has 0 spiro atoms. The van der Waals surface area contributed by atoms with Crippen LogP contribution in [0, 0.1) is 5.92 Å². The van der Waals surface area contributed by atoms with E-state index in [1.807, 2.05) is 0 Å². The van der Waals surface area contributed by atoms with Gasteiger partial charge in [-0.25, -0.2) is 0 Å². The van der Waals surface area contributed by atoms with Crippen LogP contribution in [0.1, 0.15) is 26.7 Å². The summed E-state index contributed by atoms with van der Waals surface area (Å²) in [6, 6.07) is 0. The van der Waals surface area contributed by atoms with Crippen LogP contribution in [-0.4, -0.2) is 19.5 Å². The molecule has 1 rings (SSSR count). The maximum absolute atomic E-state index is 5.55. The van der Waals surface area contributed by atoms with Gasteiger partial charge in [0.1, 0.15) is 0 Å². The molecule has 1 saturated heterocycles. The molecule has 2 heteroatoms. The van der Waals surface area contributed by atoms with E-state index in [0.717, 1.165) is 12.8 Å². The van der Waals surface area contributed by atoms with E-state index in [4.69, 9.17) is 9.47 Å². The topological polar surface area (TPSA) is 18.5 Å². The highest BCUT2D eigenvalue weighted by Gasteiger charge is 2.30. The van der Waals surface area contributed by atoms with E-state index in [0.29, 0.717) is 12.0 Å². The summed E-state index contributed by atoms with van der Waals surface area (Å²) in [5, 5.41) is 0. The van der Waals surface area contributed by atoms with E-state index in [9.17, 15) is 0 Å². The minimum atomic E-state index is 0.0555. The van der Waals surface area contributed by atoms with Crippen molar-refractivity contribution >= 4 is 0 Å². The van der Waals surface area contributed by atoms with Crippen LogP contribution in [0.4, 0.5) is 0 Å². The first-order chi connectivity index (χ1) is 4.77. The lowest BCUT2D eigenvalue weighted by Crippen LogP contribution is -2.13. The Labute approximate surface area is 62.5 Å². The zero-order valence-corrected chi connectivity index (χ0v) is 6.96. The van der Waals surface area contributed by atoms with Crippen molar-refractivity contribution in [2.24, 2.45) is 5.92 Å². The van der Waals surface area contributed by atoms with Gasteiger partial charge in [0.05, 0.1) is 6.10 Å². The van der Waals surface area contributed by atoms with Crippen molar-refractivity contribution in [2.45, 2.75) is 39.1 Å². The molecule has 0 aromatic carbocycles. The minimum Gasteiger partial charge on any atom is -0.356 e. The lowest BCUT2D eigenvalue weighted by Gasteiger charge is -2.11. The molecule has 0 saturated carbocycles. The third-order valence-corrected chi connectivity index (χ3v) is 2.19. The number of methoxy groups -OCH3 is 1. The maximum atomic E-state index is 5.55. The Morgan fingerprint density at radius 2 is 2.30 bits per heavy atom. The fraction of sp³-hybridized carbons (Fsp3) is 1.00. The second kappa shape index (κ2) is 3.35. The first-order valence-electron chi connectivity index (χ1n) is 3.96. The Morgan fingerprint density at radius 3 is 2.60 bits per heavy atom. The molecule has 10 heavy (non-hydrogen) atoms. The average molecular weight is 144 g/mol. The molecule has 0 aromatic heterocycles. The van der Waals surface area contributed by atoms with Crippen LogP contribution >= 0.6 is 0 Å². The summed E-state index contributed by atoms with van der Waals surface area (Å²) in [6.07, 6.45) is 2.63. The highest BCUT2D eigenvalue weighted by Crippen LogP contribution is 2.27. The van der Waals surface area contributed by atoms with E-state index in [1.54, 1.807) is 7.11 Å². The maximum Gasteiger partial charge on any atom is 0.157 e. The standard InChI is InChI=1S/C8H16O2/c1-4-7-6(2)5-8(9-3)10-7/h6-8H,4-5H2,1-3H3/t6-,7+,8?/m0/s1. The van der Waals surface area contributed by atoms with Gasteiger partial charge in [0.2, 0.25) is 0 Å². The molecule has 0 radical (unpaired) electrons. The molecule has 1 fully saturated rings. The molecule has 0 bridgehead atoms. The molecular formula is C8H16O2. The molecular weight excluding hydrogens is 128 g/mol. The summed E-state index contributed by atoms with van der Waals surface area (Å²) in [4.78, 5) is 0. The zero-order valence-electron chi connectivity index (χ0n) is 6.96.